The van der Waals surface area contributed by atoms with Gasteiger partial charge in [0, 0.05) is 6.04 Å². The summed E-state index contributed by atoms with van der Waals surface area (Å²) >= 11 is 6.10. The van der Waals surface area contributed by atoms with Crippen molar-refractivity contribution in [2.24, 2.45) is 11.7 Å². The van der Waals surface area contributed by atoms with E-state index in [-0.39, 0.29) is 30.3 Å². The maximum Gasteiger partial charge on any atom is 0.231 e. The maximum atomic E-state index is 11.5. The van der Waals surface area contributed by atoms with Crippen molar-refractivity contribution in [3.63, 3.8) is 0 Å². The third-order valence-electron chi connectivity index (χ3n) is 3.61. The van der Waals surface area contributed by atoms with Crippen molar-refractivity contribution < 1.29 is 17.9 Å². The van der Waals surface area contributed by atoms with Gasteiger partial charge in [0.2, 0.25) is 6.79 Å². The minimum absolute atomic E-state index is 0.0681. The fourth-order valence-electron chi connectivity index (χ4n) is 2.56. The van der Waals surface area contributed by atoms with Crippen molar-refractivity contribution in [3.05, 3.63) is 22.7 Å². The molecule has 0 spiro atoms. The fourth-order valence-corrected chi connectivity index (χ4v) is 4.69. The van der Waals surface area contributed by atoms with Crippen LogP contribution in [0.25, 0.3) is 0 Å². The third kappa shape index (κ3) is 2.40. The molecule has 1 aromatic rings. The molecule has 0 saturated carbocycles. The van der Waals surface area contributed by atoms with Gasteiger partial charge in [0.25, 0.3) is 0 Å². The summed E-state index contributed by atoms with van der Waals surface area (Å²) in [5.41, 5.74) is 6.95. The molecule has 3 rings (SSSR count). The zero-order valence-corrected chi connectivity index (χ0v) is 11.7. The molecule has 2 atom stereocenters. The summed E-state index contributed by atoms with van der Waals surface area (Å²) in [6.07, 6.45) is 0.593. The first kappa shape index (κ1) is 13.0. The van der Waals surface area contributed by atoms with Crippen LogP contribution >= 0.6 is 11.6 Å². The Labute approximate surface area is 116 Å². The molecule has 19 heavy (non-hydrogen) atoms. The van der Waals surface area contributed by atoms with Gasteiger partial charge in [0.15, 0.2) is 21.3 Å². The molecule has 0 aromatic heterocycles. The molecule has 2 aliphatic rings. The van der Waals surface area contributed by atoms with Gasteiger partial charge in [-0.15, -0.1) is 0 Å². The predicted octanol–water partition coefficient (Wildman–Crippen LogP) is 1.50. The number of rotatable bonds is 2. The Balaban J connectivity index is 1.89. The van der Waals surface area contributed by atoms with E-state index < -0.39 is 9.84 Å². The highest BCUT2D eigenvalue weighted by Gasteiger charge is 2.33. The minimum Gasteiger partial charge on any atom is -0.454 e. The topological polar surface area (TPSA) is 78.6 Å². The van der Waals surface area contributed by atoms with Gasteiger partial charge in [-0.1, -0.05) is 11.6 Å². The van der Waals surface area contributed by atoms with Crippen molar-refractivity contribution in [1.82, 2.24) is 0 Å². The number of ether oxygens (including phenoxy) is 2. The molecule has 1 fully saturated rings. The largest absolute Gasteiger partial charge is 0.454 e. The van der Waals surface area contributed by atoms with Crippen LogP contribution in [0.15, 0.2) is 12.1 Å². The van der Waals surface area contributed by atoms with Crippen molar-refractivity contribution >= 4 is 21.4 Å². The van der Waals surface area contributed by atoms with Gasteiger partial charge < -0.3 is 15.2 Å². The molecule has 104 valence electrons. The number of hydrogen-bond acceptors (Lipinski definition) is 5. The molecular weight excluding hydrogens is 290 g/mol. The summed E-state index contributed by atoms with van der Waals surface area (Å²) in [7, 11) is -2.94. The average molecular weight is 304 g/mol. The molecule has 1 saturated heterocycles. The number of halogens is 1. The second-order valence-corrected chi connectivity index (χ2v) is 7.56. The fraction of sp³-hybridized carbons (Fsp3) is 0.500. The van der Waals surface area contributed by atoms with E-state index >= 15 is 0 Å². The normalized spacial score (nSPS) is 25.5. The highest BCUT2D eigenvalue weighted by atomic mass is 35.5. The van der Waals surface area contributed by atoms with E-state index in [4.69, 9.17) is 26.8 Å². The Morgan fingerprint density at radius 1 is 1.37 bits per heavy atom. The standard InChI is InChI=1S/C12H14ClNO4S/c13-9-3-8(4-10-12(9)18-6-17-10)11(14)7-1-2-19(15,16)5-7/h3-4,7,11H,1-2,5-6,14H2. The highest BCUT2D eigenvalue weighted by Crippen LogP contribution is 2.42. The molecule has 5 nitrogen and oxygen atoms in total. The monoisotopic (exact) mass is 303 g/mol. The number of benzene rings is 1. The van der Waals surface area contributed by atoms with Crippen LogP contribution in [0.2, 0.25) is 5.02 Å². The average Bonchev–Trinajstić information content (AvgIpc) is 2.94. The van der Waals surface area contributed by atoms with Gasteiger partial charge in [0.05, 0.1) is 16.5 Å². The molecule has 7 heteroatoms. The van der Waals surface area contributed by atoms with E-state index in [0.29, 0.717) is 22.9 Å². The van der Waals surface area contributed by atoms with E-state index in [1.165, 1.54) is 0 Å². The van der Waals surface area contributed by atoms with Crippen molar-refractivity contribution in [2.75, 3.05) is 18.3 Å². The first-order valence-electron chi connectivity index (χ1n) is 6.01. The first-order valence-corrected chi connectivity index (χ1v) is 8.21. The lowest BCUT2D eigenvalue weighted by Gasteiger charge is -2.18. The SMILES string of the molecule is NC(c1cc(Cl)c2c(c1)OCO2)C1CCS(=O)(=O)C1. The van der Waals surface area contributed by atoms with E-state index in [0.717, 1.165) is 5.56 Å². The Hall–Kier alpha value is -0.980. The maximum absolute atomic E-state index is 11.5. The zero-order valence-electron chi connectivity index (χ0n) is 10.1. The van der Waals surface area contributed by atoms with Crippen LogP contribution in [0.5, 0.6) is 11.5 Å². The molecule has 1 aromatic carbocycles. The van der Waals surface area contributed by atoms with Crippen molar-refractivity contribution in [2.45, 2.75) is 12.5 Å². The lowest BCUT2D eigenvalue weighted by Crippen LogP contribution is -2.22. The molecule has 2 N–H and O–H groups in total. The second kappa shape index (κ2) is 4.54. The van der Waals surface area contributed by atoms with Gasteiger partial charge in [0.1, 0.15) is 0 Å². The quantitative estimate of drug-likeness (QED) is 0.896. The molecule has 0 bridgehead atoms. The van der Waals surface area contributed by atoms with Gasteiger partial charge in [-0.3, -0.25) is 0 Å². The molecule has 2 unspecified atom stereocenters. The van der Waals surface area contributed by atoms with Gasteiger partial charge in [-0.25, -0.2) is 8.42 Å². The van der Waals surface area contributed by atoms with E-state index in [9.17, 15) is 8.42 Å². The highest BCUT2D eigenvalue weighted by molar-refractivity contribution is 7.91. The van der Waals surface area contributed by atoms with Crippen LogP contribution in [0, 0.1) is 5.92 Å². The smallest absolute Gasteiger partial charge is 0.231 e. The van der Waals surface area contributed by atoms with Crippen molar-refractivity contribution in [3.8, 4) is 11.5 Å². The summed E-state index contributed by atoms with van der Waals surface area (Å²) in [6.45, 7) is 0.144. The summed E-state index contributed by atoms with van der Waals surface area (Å²) in [5.74, 6) is 1.38. The Morgan fingerprint density at radius 2 is 2.16 bits per heavy atom. The number of nitrogens with two attached hydrogens (primary N) is 1. The molecule has 0 amide bonds. The van der Waals surface area contributed by atoms with Crippen LogP contribution in [0.1, 0.15) is 18.0 Å². The van der Waals surface area contributed by atoms with E-state index in [1.807, 2.05) is 0 Å². The Bertz CT molecular complexity index is 616. The lowest BCUT2D eigenvalue weighted by atomic mass is 9.93. The summed E-state index contributed by atoms with van der Waals surface area (Å²) in [6, 6.07) is 3.15. The van der Waals surface area contributed by atoms with Crippen LogP contribution in [-0.2, 0) is 9.84 Å². The van der Waals surface area contributed by atoms with Crippen LogP contribution in [-0.4, -0.2) is 26.7 Å². The van der Waals surface area contributed by atoms with Crippen LogP contribution < -0.4 is 15.2 Å². The number of fused-ring (bicyclic) bond motifs is 1. The number of hydrogen-bond donors (Lipinski definition) is 1. The van der Waals surface area contributed by atoms with Crippen LogP contribution in [0.3, 0.4) is 0 Å². The van der Waals surface area contributed by atoms with Crippen molar-refractivity contribution in [1.29, 1.82) is 0 Å². The van der Waals surface area contributed by atoms with E-state index in [1.54, 1.807) is 12.1 Å². The summed E-state index contributed by atoms with van der Waals surface area (Å²) in [4.78, 5) is 0. The molecule has 2 heterocycles. The lowest BCUT2D eigenvalue weighted by molar-refractivity contribution is 0.174. The Kier molecular flexibility index (Phi) is 3.11. The van der Waals surface area contributed by atoms with Crippen LogP contribution in [0.4, 0.5) is 0 Å². The first-order chi connectivity index (χ1) is 8.96. The molecule has 0 aliphatic carbocycles. The Morgan fingerprint density at radius 3 is 2.84 bits per heavy atom. The molecule has 0 radical (unpaired) electrons. The van der Waals surface area contributed by atoms with Gasteiger partial charge >= 0.3 is 0 Å². The molecule has 2 aliphatic heterocycles. The summed E-state index contributed by atoms with van der Waals surface area (Å²) < 4.78 is 33.5. The predicted molar refractivity (Wildman–Crippen MR) is 71.3 cm³/mol. The summed E-state index contributed by atoms with van der Waals surface area (Å²) in [5, 5.41) is 0.446. The van der Waals surface area contributed by atoms with Gasteiger partial charge in [-0.05, 0) is 30.0 Å². The third-order valence-corrected chi connectivity index (χ3v) is 5.68. The van der Waals surface area contributed by atoms with Gasteiger partial charge in [-0.2, -0.15) is 0 Å². The zero-order chi connectivity index (χ0) is 13.6. The molecular formula is C12H14ClNO4S. The minimum atomic E-state index is -2.94. The second-order valence-electron chi connectivity index (χ2n) is 4.93. The van der Waals surface area contributed by atoms with E-state index in [2.05, 4.69) is 0 Å². The number of sulfone groups is 1.